The second-order valence-corrected chi connectivity index (χ2v) is 4.82. The first-order valence-electron chi connectivity index (χ1n) is 6.09. The number of esters is 1. The van der Waals surface area contributed by atoms with Gasteiger partial charge in [-0.1, -0.05) is 0 Å². The summed E-state index contributed by atoms with van der Waals surface area (Å²) < 4.78 is 9.94. The number of thiazole rings is 1. The van der Waals surface area contributed by atoms with Crippen LogP contribution >= 0.6 is 11.3 Å². The third-order valence-electron chi connectivity index (χ3n) is 2.39. The molecule has 0 radical (unpaired) electrons. The molecule has 0 bridgehead atoms. The first kappa shape index (κ1) is 14.3. The van der Waals surface area contributed by atoms with Gasteiger partial charge in [-0.3, -0.25) is 4.79 Å². The highest BCUT2D eigenvalue weighted by molar-refractivity contribution is 7.09. The number of hydrogen-bond donors (Lipinski definition) is 1. The number of amides is 1. The van der Waals surface area contributed by atoms with Crippen molar-refractivity contribution in [1.29, 1.82) is 0 Å². The molecule has 106 valence electrons. The number of furan rings is 1. The third kappa shape index (κ3) is 3.92. The average molecular weight is 294 g/mol. The molecule has 2 aromatic heterocycles. The quantitative estimate of drug-likeness (QED) is 0.821. The zero-order valence-electron chi connectivity index (χ0n) is 10.9. The standard InChI is InChI=1S/C13H14N2O4S/c1-2-18-13(17)10-8-20-12(15-10)6-11(16)14-7-9-4-3-5-19-9/h3-5,8H,2,6-7H2,1H3,(H,14,16). The zero-order chi connectivity index (χ0) is 14.4. The van der Waals surface area contributed by atoms with E-state index in [-0.39, 0.29) is 18.0 Å². The lowest BCUT2D eigenvalue weighted by Crippen LogP contribution is -2.24. The van der Waals surface area contributed by atoms with E-state index in [0.29, 0.717) is 23.9 Å². The fourth-order valence-electron chi connectivity index (χ4n) is 1.49. The first-order chi connectivity index (χ1) is 9.69. The fraction of sp³-hybridized carbons (Fsp3) is 0.308. The molecule has 0 aliphatic heterocycles. The molecule has 1 N–H and O–H groups in total. The van der Waals surface area contributed by atoms with Gasteiger partial charge in [0.05, 0.1) is 25.8 Å². The van der Waals surface area contributed by atoms with Crippen molar-refractivity contribution < 1.29 is 18.7 Å². The number of rotatable bonds is 6. The van der Waals surface area contributed by atoms with Crippen molar-refractivity contribution in [3.8, 4) is 0 Å². The van der Waals surface area contributed by atoms with E-state index in [1.165, 1.54) is 11.3 Å². The number of ether oxygens (including phenoxy) is 1. The molecule has 2 heterocycles. The number of nitrogens with zero attached hydrogens (tertiary/aromatic N) is 1. The van der Waals surface area contributed by atoms with Gasteiger partial charge >= 0.3 is 5.97 Å². The van der Waals surface area contributed by atoms with Crippen molar-refractivity contribution in [1.82, 2.24) is 10.3 Å². The molecule has 0 unspecified atom stereocenters. The molecule has 20 heavy (non-hydrogen) atoms. The van der Waals surface area contributed by atoms with Crippen LogP contribution in [0.2, 0.25) is 0 Å². The summed E-state index contributed by atoms with van der Waals surface area (Å²) in [5.41, 5.74) is 0.241. The van der Waals surface area contributed by atoms with Crippen LogP contribution in [0.4, 0.5) is 0 Å². The number of hydrogen-bond acceptors (Lipinski definition) is 6. The molecule has 2 rings (SSSR count). The summed E-state index contributed by atoms with van der Waals surface area (Å²) in [5, 5.41) is 4.88. The number of nitrogens with one attached hydrogen (secondary N) is 1. The highest BCUT2D eigenvalue weighted by Gasteiger charge is 2.13. The van der Waals surface area contributed by atoms with Crippen LogP contribution in [0.3, 0.4) is 0 Å². The lowest BCUT2D eigenvalue weighted by molar-refractivity contribution is -0.120. The summed E-state index contributed by atoms with van der Waals surface area (Å²) in [5.74, 6) is 0.0434. The van der Waals surface area contributed by atoms with Gasteiger partial charge in [0.15, 0.2) is 5.69 Å². The Kier molecular flexibility index (Phi) is 4.89. The maximum absolute atomic E-state index is 11.7. The molecule has 6 nitrogen and oxygen atoms in total. The Labute approximate surface area is 119 Å². The lowest BCUT2D eigenvalue weighted by Gasteiger charge is -2.01. The molecule has 0 aliphatic rings. The Morgan fingerprint density at radius 2 is 2.35 bits per heavy atom. The molecular weight excluding hydrogens is 280 g/mol. The molecule has 7 heteroatoms. The van der Waals surface area contributed by atoms with Crippen LogP contribution in [0.5, 0.6) is 0 Å². The van der Waals surface area contributed by atoms with Crippen molar-refractivity contribution in [2.75, 3.05) is 6.61 Å². The Hall–Kier alpha value is -2.15. The van der Waals surface area contributed by atoms with Gasteiger partial charge in [-0.2, -0.15) is 0 Å². The van der Waals surface area contributed by atoms with E-state index >= 15 is 0 Å². The molecular formula is C13H14N2O4S. The lowest BCUT2D eigenvalue weighted by atomic mass is 10.4. The molecule has 1 amide bonds. The van der Waals surface area contributed by atoms with Crippen molar-refractivity contribution in [2.45, 2.75) is 19.9 Å². The largest absolute Gasteiger partial charge is 0.467 e. The van der Waals surface area contributed by atoms with E-state index in [4.69, 9.17) is 9.15 Å². The van der Waals surface area contributed by atoms with Gasteiger partial charge < -0.3 is 14.5 Å². The number of carbonyl (C=O) groups is 2. The Balaban J connectivity index is 1.83. The van der Waals surface area contributed by atoms with E-state index in [1.54, 1.807) is 30.7 Å². The summed E-state index contributed by atoms with van der Waals surface area (Å²) >= 11 is 1.26. The molecule has 0 aromatic carbocycles. The predicted molar refractivity (Wildman–Crippen MR) is 72.3 cm³/mol. The molecule has 0 spiro atoms. The van der Waals surface area contributed by atoms with E-state index in [0.717, 1.165) is 0 Å². The van der Waals surface area contributed by atoms with Crippen molar-refractivity contribution in [3.05, 3.63) is 40.2 Å². The topological polar surface area (TPSA) is 81.4 Å². The maximum atomic E-state index is 11.7. The first-order valence-corrected chi connectivity index (χ1v) is 6.97. The van der Waals surface area contributed by atoms with Gasteiger partial charge in [-0.15, -0.1) is 11.3 Å². The van der Waals surface area contributed by atoms with Crippen LogP contribution < -0.4 is 5.32 Å². The monoisotopic (exact) mass is 294 g/mol. The SMILES string of the molecule is CCOC(=O)c1csc(CC(=O)NCc2ccco2)n1. The van der Waals surface area contributed by atoms with E-state index in [2.05, 4.69) is 10.3 Å². The fourth-order valence-corrected chi connectivity index (χ4v) is 2.25. The Morgan fingerprint density at radius 1 is 1.50 bits per heavy atom. The zero-order valence-corrected chi connectivity index (χ0v) is 11.7. The number of carbonyl (C=O) groups excluding carboxylic acids is 2. The van der Waals surface area contributed by atoms with Crippen LogP contribution in [0.15, 0.2) is 28.2 Å². The summed E-state index contributed by atoms with van der Waals surface area (Å²) in [6, 6.07) is 3.54. The molecule has 0 aliphatic carbocycles. The van der Waals surface area contributed by atoms with Crippen LogP contribution in [-0.4, -0.2) is 23.5 Å². The highest BCUT2D eigenvalue weighted by Crippen LogP contribution is 2.11. The highest BCUT2D eigenvalue weighted by atomic mass is 32.1. The predicted octanol–water partition coefficient (Wildman–Crippen LogP) is 1.77. The molecule has 0 fully saturated rings. The summed E-state index contributed by atoms with van der Waals surface area (Å²) in [6.45, 7) is 2.37. The van der Waals surface area contributed by atoms with Crippen LogP contribution in [0.25, 0.3) is 0 Å². The van der Waals surface area contributed by atoms with Crippen molar-refractivity contribution >= 4 is 23.2 Å². The summed E-state index contributed by atoms with van der Waals surface area (Å²) in [6.07, 6.45) is 1.68. The summed E-state index contributed by atoms with van der Waals surface area (Å²) in [4.78, 5) is 27.2. The maximum Gasteiger partial charge on any atom is 0.357 e. The third-order valence-corrected chi connectivity index (χ3v) is 3.24. The van der Waals surface area contributed by atoms with E-state index in [1.807, 2.05) is 0 Å². The van der Waals surface area contributed by atoms with Gasteiger partial charge in [0.25, 0.3) is 0 Å². The number of aromatic nitrogens is 1. The van der Waals surface area contributed by atoms with Gasteiger partial charge in [-0.25, -0.2) is 9.78 Å². The second kappa shape index (κ2) is 6.85. The van der Waals surface area contributed by atoms with Crippen molar-refractivity contribution in [3.63, 3.8) is 0 Å². The summed E-state index contributed by atoms with van der Waals surface area (Å²) in [7, 11) is 0. The van der Waals surface area contributed by atoms with Crippen LogP contribution in [-0.2, 0) is 22.5 Å². The van der Waals surface area contributed by atoms with E-state index in [9.17, 15) is 9.59 Å². The second-order valence-electron chi connectivity index (χ2n) is 3.88. The smallest absolute Gasteiger partial charge is 0.357 e. The van der Waals surface area contributed by atoms with Crippen molar-refractivity contribution in [2.24, 2.45) is 0 Å². The molecule has 0 atom stereocenters. The van der Waals surface area contributed by atoms with Gasteiger partial charge in [0, 0.05) is 5.38 Å². The molecule has 0 saturated carbocycles. The normalized spacial score (nSPS) is 10.2. The minimum absolute atomic E-state index is 0.130. The average Bonchev–Trinajstić information content (AvgIpc) is 3.07. The van der Waals surface area contributed by atoms with Gasteiger partial charge in [0.1, 0.15) is 10.8 Å². The van der Waals surface area contributed by atoms with Gasteiger partial charge in [-0.05, 0) is 19.1 Å². The molecule has 2 aromatic rings. The van der Waals surface area contributed by atoms with E-state index < -0.39 is 5.97 Å². The molecule has 0 saturated heterocycles. The van der Waals surface area contributed by atoms with Gasteiger partial charge in [0.2, 0.25) is 5.91 Å². The Morgan fingerprint density at radius 3 is 3.05 bits per heavy atom. The minimum atomic E-state index is -0.467. The minimum Gasteiger partial charge on any atom is -0.467 e. The van der Waals surface area contributed by atoms with Crippen LogP contribution in [0.1, 0.15) is 28.2 Å². The Bertz CT molecular complexity index is 577. The van der Waals surface area contributed by atoms with Crippen LogP contribution in [0, 0.1) is 0 Å².